The highest BCUT2D eigenvalue weighted by atomic mass is 35.5. The van der Waals surface area contributed by atoms with Crippen molar-refractivity contribution < 1.29 is 5.11 Å². The van der Waals surface area contributed by atoms with Gasteiger partial charge in [-0.2, -0.15) is 0 Å². The third-order valence-corrected chi connectivity index (χ3v) is 0.718. The van der Waals surface area contributed by atoms with Gasteiger partial charge in [0.25, 0.3) is 0 Å². The van der Waals surface area contributed by atoms with Gasteiger partial charge in [-0.1, -0.05) is 12.2 Å². The molecule has 1 radical (unpaired) electrons. The van der Waals surface area contributed by atoms with Crippen LogP contribution in [0.15, 0.2) is 12.2 Å². The lowest BCUT2D eigenvalue weighted by Crippen LogP contribution is -1.72. The number of hydrogen-bond acceptors (Lipinski definition) is 0. The lowest BCUT2D eigenvalue weighted by atomic mass is 10.4. The summed E-state index contributed by atoms with van der Waals surface area (Å²) in [6, 6.07) is 0. The van der Waals surface area contributed by atoms with Gasteiger partial charge in [0.15, 0.2) is 0 Å². The first-order valence-electron chi connectivity index (χ1n) is 2.21. The van der Waals surface area contributed by atoms with Gasteiger partial charge in [-0.3, -0.25) is 0 Å². The summed E-state index contributed by atoms with van der Waals surface area (Å²) in [5, 5.41) is 9.71. The molecule has 0 aliphatic heterocycles. The van der Waals surface area contributed by atoms with E-state index in [4.69, 9.17) is 11.6 Å². The summed E-state index contributed by atoms with van der Waals surface area (Å²) >= 11 is 5.25. The molecule has 0 atom stereocenters. The molecule has 0 N–H and O–H groups in total. The van der Waals surface area contributed by atoms with Crippen molar-refractivity contribution in [1.29, 1.82) is 0 Å². The first-order chi connectivity index (χ1) is 3.41. The molecule has 0 aromatic carbocycles. The molecule has 0 heterocycles. The molecule has 0 spiro atoms. The van der Waals surface area contributed by atoms with E-state index in [0.717, 1.165) is 0 Å². The van der Waals surface area contributed by atoms with Gasteiger partial charge in [0, 0.05) is 5.88 Å². The molecule has 0 aliphatic carbocycles. The monoisotopic (exact) mass is 119 g/mol. The van der Waals surface area contributed by atoms with E-state index in [1.165, 1.54) is 0 Å². The van der Waals surface area contributed by atoms with Crippen LogP contribution in [0.25, 0.3) is 0 Å². The Hall–Kier alpha value is -0.0100. The minimum absolute atomic E-state index is 0.0343. The molecule has 0 rings (SSSR count). The molecule has 0 unspecified atom stereocenters. The highest BCUT2D eigenvalue weighted by molar-refractivity contribution is 6.18. The normalized spacial score (nSPS) is 10.6. The Labute approximate surface area is 48.6 Å². The molecule has 0 saturated carbocycles. The molecule has 0 fully saturated rings. The van der Waals surface area contributed by atoms with Gasteiger partial charge in [0.2, 0.25) is 0 Å². The summed E-state index contributed by atoms with van der Waals surface area (Å²) in [7, 11) is 0. The molecule has 0 bridgehead atoms. The van der Waals surface area contributed by atoms with E-state index in [0.29, 0.717) is 12.3 Å². The van der Waals surface area contributed by atoms with Crippen molar-refractivity contribution >= 4 is 11.6 Å². The van der Waals surface area contributed by atoms with Gasteiger partial charge in [0.1, 0.15) is 0 Å². The van der Waals surface area contributed by atoms with Crippen molar-refractivity contribution in [2.75, 3.05) is 12.5 Å². The van der Waals surface area contributed by atoms with E-state index in [1.54, 1.807) is 12.2 Å². The maximum absolute atomic E-state index is 9.71. The molecule has 41 valence electrons. The van der Waals surface area contributed by atoms with E-state index < -0.39 is 0 Å². The molecule has 2 heteroatoms. The second-order valence-electron chi connectivity index (χ2n) is 1.12. The Morgan fingerprint density at radius 1 is 1.43 bits per heavy atom. The highest BCUT2D eigenvalue weighted by Crippen LogP contribution is 1.81. The fourth-order valence-electron chi connectivity index (χ4n) is 0.249. The zero-order chi connectivity index (χ0) is 5.54. The SMILES string of the molecule is [O]CC/C=C/CCl. The van der Waals surface area contributed by atoms with E-state index in [2.05, 4.69) is 0 Å². The Bertz CT molecular complexity index is 52.0. The van der Waals surface area contributed by atoms with Crippen molar-refractivity contribution in [3.05, 3.63) is 12.2 Å². The van der Waals surface area contributed by atoms with Crippen molar-refractivity contribution in [3.8, 4) is 0 Å². The maximum Gasteiger partial charge on any atom is 0.0856 e. The standard InChI is InChI=1S/C5H8ClO/c6-4-2-1-3-5-7/h1-2H,3-5H2/b2-1+. The summed E-state index contributed by atoms with van der Waals surface area (Å²) in [6.07, 6.45) is 4.17. The number of rotatable bonds is 3. The zero-order valence-electron chi connectivity index (χ0n) is 4.06. The largest absolute Gasteiger partial charge is 0.236 e. The minimum Gasteiger partial charge on any atom is -0.236 e. The van der Waals surface area contributed by atoms with Crippen molar-refractivity contribution in [3.63, 3.8) is 0 Å². The lowest BCUT2D eigenvalue weighted by Gasteiger charge is -1.76. The number of hydrogen-bond donors (Lipinski definition) is 0. The average Bonchev–Trinajstić information content (AvgIpc) is 1.69. The molecule has 0 aliphatic rings. The van der Waals surface area contributed by atoms with Gasteiger partial charge in [0.05, 0.1) is 6.61 Å². The molecule has 0 aromatic heterocycles. The molecule has 0 saturated heterocycles. The maximum atomic E-state index is 9.71. The Morgan fingerprint density at radius 3 is 2.57 bits per heavy atom. The summed E-state index contributed by atoms with van der Waals surface area (Å²) in [4.78, 5) is 0. The highest BCUT2D eigenvalue weighted by Gasteiger charge is 1.71. The molecular weight excluding hydrogens is 112 g/mol. The van der Waals surface area contributed by atoms with Gasteiger partial charge in [-0.15, -0.1) is 11.6 Å². The second-order valence-corrected chi connectivity index (χ2v) is 1.43. The van der Waals surface area contributed by atoms with Gasteiger partial charge >= 0.3 is 0 Å². The van der Waals surface area contributed by atoms with Crippen LogP contribution >= 0.6 is 11.6 Å². The number of allylic oxidation sites excluding steroid dienone is 1. The predicted octanol–water partition coefficient (Wildman–Crippen LogP) is 1.60. The first-order valence-corrected chi connectivity index (χ1v) is 2.74. The summed E-state index contributed by atoms with van der Waals surface area (Å²) < 4.78 is 0. The Balaban J connectivity index is 2.78. The molecule has 0 amide bonds. The van der Waals surface area contributed by atoms with E-state index in [-0.39, 0.29) is 6.61 Å². The van der Waals surface area contributed by atoms with Crippen LogP contribution in [0.1, 0.15) is 6.42 Å². The average molecular weight is 120 g/mol. The molecule has 7 heavy (non-hydrogen) atoms. The smallest absolute Gasteiger partial charge is 0.0856 e. The minimum atomic E-state index is -0.0343. The molecular formula is C5H8ClO. The van der Waals surface area contributed by atoms with Crippen LogP contribution in [-0.4, -0.2) is 12.5 Å². The van der Waals surface area contributed by atoms with Crippen LogP contribution < -0.4 is 0 Å². The summed E-state index contributed by atoms with van der Waals surface area (Å²) in [5.41, 5.74) is 0. The van der Waals surface area contributed by atoms with Gasteiger partial charge in [-0.05, 0) is 6.42 Å². The van der Waals surface area contributed by atoms with Crippen molar-refractivity contribution in [1.82, 2.24) is 0 Å². The van der Waals surface area contributed by atoms with Crippen LogP contribution in [0.5, 0.6) is 0 Å². The van der Waals surface area contributed by atoms with Crippen LogP contribution in [0.2, 0.25) is 0 Å². The summed E-state index contributed by atoms with van der Waals surface area (Å²) in [5.74, 6) is 0.514. The third-order valence-electron chi connectivity index (χ3n) is 0.540. The predicted molar refractivity (Wildman–Crippen MR) is 30.0 cm³/mol. The fourth-order valence-corrected chi connectivity index (χ4v) is 0.375. The van der Waals surface area contributed by atoms with Crippen LogP contribution in [0.3, 0.4) is 0 Å². The third kappa shape index (κ3) is 5.99. The van der Waals surface area contributed by atoms with Crippen molar-refractivity contribution in [2.45, 2.75) is 6.42 Å². The summed E-state index contributed by atoms with van der Waals surface area (Å²) in [6.45, 7) is -0.0343. The van der Waals surface area contributed by atoms with E-state index >= 15 is 0 Å². The Morgan fingerprint density at radius 2 is 2.14 bits per heavy atom. The van der Waals surface area contributed by atoms with Crippen molar-refractivity contribution in [2.24, 2.45) is 0 Å². The first kappa shape index (κ1) is 6.99. The molecule has 1 nitrogen and oxygen atoms in total. The zero-order valence-corrected chi connectivity index (χ0v) is 4.82. The number of alkyl halides is 1. The van der Waals surface area contributed by atoms with Crippen LogP contribution in [0, 0.1) is 0 Å². The lowest BCUT2D eigenvalue weighted by molar-refractivity contribution is 0.199. The van der Waals surface area contributed by atoms with Crippen LogP contribution in [0.4, 0.5) is 0 Å². The van der Waals surface area contributed by atoms with E-state index in [9.17, 15) is 5.11 Å². The quantitative estimate of drug-likeness (QED) is 0.397. The fraction of sp³-hybridized carbons (Fsp3) is 0.600. The topological polar surface area (TPSA) is 19.9 Å². The molecule has 0 aromatic rings. The van der Waals surface area contributed by atoms with Crippen LogP contribution in [-0.2, 0) is 5.11 Å². The van der Waals surface area contributed by atoms with E-state index in [1.807, 2.05) is 0 Å². The number of halogens is 1. The van der Waals surface area contributed by atoms with Gasteiger partial charge in [-0.25, -0.2) is 5.11 Å². The van der Waals surface area contributed by atoms with Gasteiger partial charge < -0.3 is 0 Å². The second kappa shape index (κ2) is 5.99. The Kier molecular flexibility index (Phi) is 5.98.